The summed E-state index contributed by atoms with van der Waals surface area (Å²) in [5, 5.41) is 3.39. The van der Waals surface area contributed by atoms with Crippen LogP contribution in [0.3, 0.4) is 0 Å². The number of hydrogen-bond acceptors (Lipinski definition) is 4. The Morgan fingerprint density at radius 3 is 2.46 bits per heavy atom. The van der Waals surface area contributed by atoms with Crippen LogP contribution in [-0.2, 0) is 0 Å². The van der Waals surface area contributed by atoms with Crippen molar-refractivity contribution in [2.45, 2.75) is 25.7 Å². The van der Waals surface area contributed by atoms with Gasteiger partial charge in [0, 0.05) is 56.6 Å². The fourth-order valence-corrected chi connectivity index (χ4v) is 3.53. The van der Waals surface area contributed by atoms with Crippen LogP contribution in [-0.4, -0.2) is 61.4 Å². The first-order chi connectivity index (χ1) is 11.8. The summed E-state index contributed by atoms with van der Waals surface area (Å²) in [5.41, 5.74) is 1.78. The maximum absolute atomic E-state index is 12.9. The minimum Gasteiger partial charge on any atom is -0.377 e. The van der Waals surface area contributed by atoms with E-state index in [1.54, 1.807) is 0 Å². The van der Waals surface area contributed by atoms with Gasteiger partial charge in [0.1, 0.15) is 0 Å². The van der Waals surface area contributed by atoms with E-state index in [0.29, 0.717) is 0 Å². The van der Waals surface area contributed by atoms with Gasteiger partial charge in [-0.25, -0.2) is 0 Å². The van der Waals surface area contributed by atoms with Crippen molar-refractivity contribution in [1.82, 2.24) is 15.1 Å². The molecule has 0 aliphatic carbocycles. The van der Waals surface area contributed by atoms with E-state index in [0.717, 1.165) is 69.8 Å². The monoisotopic (exact) mass is 327 g/mol. The topological polar surface area (TPSA) is 35.6 Å². The van der Waals surface area contributed by atoms with Crippen molar-refractivity contribution in [3.8, 4) is 0 Å². The molecule has 3 rings (SSSR count). The Bertz CT molecular complexity index is 543. The number of nitrogens with zero attached hydrogens (tertiary/aromatic N) is 2. The summed E-state index contributed by atoms with van der Waals surface area (Å²) in [6.07, 6.45) is 6.54. The van der Waals surface area contributed by atoms with Gasteiger partial charge in [0.25, 0.3) is 0 Å². The number of allylic oxidation sites excluding steroid dienone is 1. The minimum atomic E-state index is 0.197. The molecule has 0 atom stereocenters. The van der Waals surface area contributed by atoms with Gasteiger partial charge in [0.05, 0.1) is 0 Å². The van der Waals surface area contributed by atoms with Crippen LogP contribution in [0, 0.1) is 0 Å². The van der Waals surface area contributed by atoms with Crippen molar-refractivity contribution < 1.29 is 4.79 Å². The van der Waals surface area contributed by atoms with E-state index in [9.17, 15) is 4.79 Å². The van der Waals surface area contributed by atoms with E-state index in [2.05, 4.69) is 21.3 Å². The lowest BCUT2D eigenvalue weighted by atomic mass is 10.00. The Kier molecular flexibility index (Phi) is 6.44. The predicted molar refractivity (Wildman–Crippen MR) is 98.2 cm³/mol. The molecular formula is C20H29N3O. The second kappa shape index (κ2) is 9.00. The molecule has 0 aromatic heterocycles. The molecule has 1 aromatic rings. The van der Waals surface area contributed by atoms with Crippen LogP contribution in [0.1, 0.15) is 36.0 Å². The first-order valence-electron chi connectivity index (χ1n) is 9.30. The van der Waals surface area contributed by atoms with E-state index in [-0.39, 0.29) is 5.78 Å². The van der Waals surface area contributed by atoms with E-state index in [4.69, 9.17) is 0 Å². The third-order valence-corrected chi connectivity index (χ3v) is 4.94. The Labute approximate surface area is 145 Å². The lowest BCUT2D eigenvalue weighted by Crippen LogP contribution is -2.43. The number of benzene rings is 1. The molecule has 2 aliphatic heterocycles. The van der Waals surface area contributed by atoms with E-state index < -0.39 is 0 Å². The highest BCUT2D eigenvalue weighted by molar-refractivity contribution is 6.08. The maximum Gasteiger partial charge on any atom is 0.190 e. The molecule has 1 N–H and O–H groups in total. The fourth-order valence-electron chi connectivity index (χ4n) is 3.53. The Balaban J connectivity index is 1.62. The Morgan fingerprint density at radius 2 is 1.75 bits per heavy atom. The largest absolute Gasteiger partial charge is 0.377 e. The lowest BCUT2D eigenvalue weighted by molar-refractivity contribution is 0.102. The minimum absolute atomic E-state index is 0.197. The number of likely N-dealkylation sites (tertiary alicyclic amines) is 1. The number of Topliss-reactive ketones (excluding diaryl/α,β-unsaturated/α-hetero) is 1. The molecule has 0 saturated carbocycles. The number of carbonyl (C=O) groups excluding carboxylic acids is 1. The lowest BCUT2D eigenvalue weighted by Gasteiger charge is -2.27. The number of hydrogen-bond donors (Lipinski definition) is 1. The molecule has 130 valence electrons. The molecule has 24 heavy (non-hydrogen) atoms. The average molecular weight is 327 g/mol. The molecule has 2 saturated heterocycles. The summed E-state index contributed by atoms with van der Waals surface area (Å²) < 4.78 is 0. The molecule has 4 nitrogen and oxygen atoms in total. The summed E-state index contributed by atoms with van der Waals surface area (Å²) in [6.45, 7) is 7.67. The SMILES string of the molecule is O=C(C(=CN1CCCC1)CCCN1CCNCC1)c1ccccc1. The zero-order chi connectivity index (χ0) is 16.6. The smallest absolute Gasteiger partial charge is 0.190 e. The normalized spacial score (nSPS) is 19.7. The second-order valence-electron chi connectivity index (χ2n) is 6.79. The maximum atomic E-state index is 12.9. The van der Waals surface area contributed by atoms with Crippen molar-refractivity contribution >= 4 is 5.78 Å². The summed E-state index contributed by atoms with van der Waals surface area (Å²) >= 11 is 0. The van der Waals surface area contributed by atoms with Gasteiger partial charge >= 0.3 is 0 Å². The van der Waals surface area contributed by atoms with Gasteiger partial charge in [-0.15, -0.1) is 0 Å². The highest BCUT2D eigenvalue weighted by Crippen LogP contribution is 2.18. The van der Waals surface area contributed by atoms with E-state index in [1.165, 1.54) is 12.8 Å². The first-order valence-corrected chi connectivity index (χ1v) is 9.30. The molecule has 0 spiro atoms. The van der Waals surface area contributed by atoms with Crippen LogP contribution in [0.15, 0.2) is 42.1 Å². The summed E-state index contributed by atoms with van der Waals surface area (Å²) in [6, 6.07) is 9.71. The van der Waals surface area contributed by atoms with Crippen molar-refractivity contribution in [3.05, 3.63) is 47.7 Å². The van der Waals surface area contributed by atoms with Crippen LogP contribution >= 0.6 is 0 Å². The third-order valence-electron chi connectivity index (χ3n) is 4.94. The van der Waals surface area contributed by atoms with E-state index in [1.807, 2.05) is 30.3 Å². The first kappa shape index (κ1) is 17.2. The number of piperazine rings is 1. The number of ketones is 1. The van der Waals surface area contributed by atoms with Crippen LogP contribution in [0.25, 0.3) is 0 Å². The molecule has 0 bridgehead atoms. The molecule has 4 heteroatoms. The highest BCUT2D eigenvalue weighted by Gasteiger charge is 2.16. The van der Waals surface area contributed by atoms with Gasteiger partial charge in [0.2, 0.25) is 0 Å². The summed E-state index contributed by atoms with van der Waals surface area (Å²) in [7, 11) is 0. The molecule has 0 unspecified atom stereocenters. The zero-order valence-electron chi connectivity index (χ0n) is 14.5. The highest BCUT2D eigenvalue weighted by atomic mass is 16.1. The quantitative estimate of drug-likeness (QED) is 0.617. The van der Waals surface area contributed by atoms with Crippen LogP contribution in [0.2, 0.25) is 0 Å². The van der Waals surface area contributed by atoms with Gasteiger partial charge in [0.15, 0.2) is 5.78 Å². The fraction of sp³-hybridized carbons (Fsp3) is 0.550. The van der Waals surface area contributed by atoms with Crippen molar-refractivity contribution in [2.75, 3.05) is 45.8 Å². The van der Waals surface area contributed by atoms with Gasteiger partial charge < -0.3 is 15.1 Å². The number of rotatable bonds is 7. The molecule has 2 aliphatic rings. The standard InChI is InChI=1S/C20H29N3O/c24-20(18-7-2-1-3-8-18)19(17-23-12-4-5-13-23)9-6-14-22-15-10-21-11-16-22/h1-3,7-8,17,21H,4-6,9-16H2. The number of carbonyl (C=O) groups is 1. The van der Waals surface area contributed by atoms with E-state index >= 15 is 0 Å². The van der Waals surface area contributed by atoms with Gasteiger partial charge in [-0.3, -0.25) is 4.79 Å². The predicted octanol–water partition coefficient (Wildman–Crippen LogP) is 2.53. The van der Waals surface area contributed by atoms with Crippen molar-refractivity contribution in [3.63, 3.8) is 0 Å². The van der Waals surface area contributed by atoms with Crippen molar-refractivity contribution in [2.24, 2.45) is 0 Å². The van der Waals surface area contributed by atoms with Crippen LogP contribution in [0.4, 0.5) is 0 Å². The summed E-state index contributed by atoms with van der Waals surface area (Å²) in [5.74, 6) is 0.197. The zero-order valence-corrected chi connectivity index (χ0v) is 14.5. The average Bonchev–Trinajstić information content (AvgIpc) is 3.15. The van der Waals surface area contributed by atoms with Crippen molar-refractivity contribution in [1.29, 1.82) is 0 Å². The van der Waals surface area contributed by atoms with Crippen LogP contribution < -0.4 is 5.32 Å². The second-order valence-corrected chi connectivity index (χ2v) is 6.79. The Morgan fingerprint density at radius 1 is 1.04 bits per heavy atom. The molecule has 0 amide bonds. The molecule has 0 radical (unpaired) electrons. The van der Waals surface area contributed by atoms with Crippen LogP contribution in [0.5, 0.6) is 0 Å². The number of nitrogens with one attached hydrogen (secondary N) is 1. The third kappa shape index (κ3) is 4.92. The Hall–Kier alpha value is -1.65. The molecule has 2 heterocycles. The molecule has 2 fully saturated rings. The summed E-state index contributed by atoms with van der Waals surface area (Å²) in [4.78, 5) is 17.7. The molecular weight excluding hydrogens is 298 g/mol. The van der Waals surface area contributed by atoms with Gasteiger partial charge in [-0.05, 0) is 32.2 Å². The van der Waals surface area contributed by atoms with Gasteiger partial charge in [-0.2, -0.15) is 0 Å². The van der Waals surface area contributed by atoms with Gasteiger partial charge in [-0.1, -0.05) is 30.3 Å². The molecule has 1 aromatic carbocycles.